The summed E-state index contributed by atoms with van der Waals surface area (Å²) in [5, 5.41) is 0. The maximum atomic E-state index is 13.2. The number of aryl methyl sites for hydroxylation is 1. The van der Waals surface area contributed by atoms with Crippen molar-refractivity contribution in [1.82, 2.24) is 9.97 Å². The summed E-state index contributed by atoms with van der Waals surface area (Å²) in [7, 11) is 0. The first-order valence-corrected chi connectivity index (χ1v) is 6.01. The summed E-state index contributed by atoms with van der Waals surface area (Å²) in [5.74, 6) is 0.694. The van der Waals surface area contributed by atoms with E-state index in [2.05, 4.69) is 9.97 Å². The molecule has 1 N–H and O–H groups in total. The van der Waals surface area contributed by atoms with Crippen LogP contribution >= 0.6 is 0 Å². The fourth-order valence-corrected chi connectivity index (χ4v) is 1.99. The van der Waals surface area contributed by atoms with Crippen LogP contribution in [0.3, 0.4) is 0 Å². The molecule has 0 radical (unpaired) electrons. The average molecular weight is 244 g/mol. The summed E-state index contributed by atoms with van der Waals surface area (Å²) < 4.78 is 13.2. The first kappa shape index (κ1) is 11.1. The monoisotopic (exact) mass is 244 g/mol. The first-order valence-electron chi connectivity index (χ1n) is 6.01. The minimum Gasteiger partial charge on any atom is -0.307 e. The van der Waals surface area contributed by atoms with Crippen molar-refractivity contribution in [3.63, 3.8) is 0 Å². The number of hydrogen-bond acceptors (Lipinski definition) is 2. The van der Waals surface area contributed by atoms with Gasteiger partial charge in [0.25, 0.3) is 5.56 Å². The average Bonchev–Trinajstić information content (AvgIpc) is 3.16. The molecule has 2 aromatic rings. The summed E-state index contributed by atoms with van der Waals surface area (Å²) in [6.45, 7) is 1.70. The molecule has 4 heteroatoms. The Morgan fingerprint density at radius 1 is 1.33 bits per heavy atom. The molecule has 1 aromatic carbocycles. The predicted molar refractivity (Wildman–Crippen MR) is 67.0 cm³/mol. The molecule has 0 atom stereocenters. The molecular formula is C14H13FN2O. The van der Waals surface area contributed by atoms with Crippen molar-refractivity contribution in [2.24, 2.45) is 0 Å². The Morgan fingerprint density at radius 2 is 2.11 bits per heavy atom. The van der Waals surface area contributed by atoms with E-state index in [-0.39, 0.29) is 11.4 Å². The van der Waals surface area contributed by atoms with Gasteiger partial charge in [-0.05, 0) is 43.5 Å². The summed E-state index contributed by atoms with van der Waals surface area (Å²) in [6.07, 6.45) is 2.19. The summed E-state index contributed by atoms with van der Waals surface area (Å²) >= 11 is 0. The number of halogens is 1. The fourth-order valence-electron chi connectivity index (χ4n) is 1.99. The third-order valence-corrected chi connectivity index (χ3v) is 3.19. The van der Waals surface area contributed by atoms with Crippen molar-refractivity contribution in [1.29, 1.82) is 0 Å². The topological polar surface area (TPSA) is 45.8 Å². The number of hydrogen-bond donors (Lipinski definition) is 1. The quantitative estimate of drug-likeness (QED) is 0.882. The molecule has 0 saturated heterocycles. The van der Waals surface area contributed by atoms with E-state index in [1.165, 1.54) is 6.07 Å². The van der Waals surface area contributed by atoms with Crippen LogP contribution in [0.1, 0.15) is 30.0 Å². The van der Waals surface area contributed by atoms with Gasteiger partial charge < -0.3 is 4.98 Å². The number of H-pyrrole nitrogens is 1. The molecule has 1 heterocycles. The number of aromatic amines is 1. The molecule has 0 bridgehead atoms. The molecule has 0 amide bonds. The number of nitrogens with one attached hydrogen (secondary N) is 1. The third kappa shape index (κ3) is 2.06. The predicted octanol–water partition coefficient (Wildman–Crippen LogP) is 2.76. The lowest BCUT2D eigenvalue weighted by Gasteiger charge is -2.05. The van der Waals surface area contributed by atoms with Gasteiger partial charge in [-0.1, -0.05) is 0 Å². The zero-order chi connectivity index (χ0) is 12.7. The molecule has 0 aliphatic heterocycles. The van der Waals surface area contributed by atoms with Crippen LogP contribution in [-0.4, -0.2) is 9.97 Å². The van der Waals surface area contributed by atoms with E-state index >= 15 is 0 Å². The Hall–Kier alpha value is -1.97. The Labute approximate surface area is 104 Å². The zero-order valence-electron chi connectivity index (χ0n) is 10.0. The van der Waals surface area contributed by atoms with Gasteiger partial charge in [0.1, 0.15) is 11.6 Å². The molecular weight excluding hydrogens is 231 g/mol. The van der Waals surface area contributed by atoms with Gasteiger partial charge >= 0.3 is 0 Å². The Morgan fingerprint density at radius 3 is 2.78 bits per heavy atom. The molecule has 1 fully saturated rings. The van der Waals surface area contributed by atoms with Crippen molar-refractivity contribution in [3.05, 3.63) is 51.7 Å². The van der Waals surface area contributed by atoms with Crippen LogP contribution in [0.25, 0.3) is 11.4 Å². The van der Waals surface area contributed by atoms with Crippen LogP contribution < -0.4 is 5.56 Å². The number of nitrogens with zero attached hydrogens (tertiary/aromatic N) is 1. The Kier molecular flexibility index (Phi) is 2.51. The molecule has 0 unspecified atom stereocenters. The highest BCUT2D eigenvalue weighted by Gasteiger charge is 2.25. The first-order chi connectivity index (χ1) is 8.63. The highest BCUT2D eigenvalue weighted by molar-refractivity contribution is 5.56. The molecule has 92 valence electrons. The molecule has 1 aromatic heterocycles. The van der Waals surface area contributed by atoms with Crippen LogP contribution in [-0.2, 0) is 0 Å². The maximum Gasteiger partial charge on any atom is 0.251 e. The molecule has 1 saturated carbocycles. The molecule has 3 nitrogen and oxygen atoms in total. The van der Waals surface area contributed by atoms with Crippen molar-refractivity contribution in [2.45, 2.75) is 25.7 Å². The Bertz CT molecular complexity index is 659. The van der Waals surface area contributed by atoms with Crippen molar-refractivity contribution >= 4 is 0 Å². The van der Waals surface area contributed by atoms with Crippen molar-refractivity contribution in [2.75, 3.05) is 0 Å². The SMILES string of the molecule is Cc1cc(-c2nc(C3CC3)cc(=O)[nH]2)ccc1F. The molecule has 18 heavy (non-hydrogen) atoms. The van der Waals surface area contributed by atoms with Crippen LogP contribution in [0.2, 0.25) is 0 Å². The Balaban J connectivity index is 2.09. The normalized spacial score (nSPS) is 14.8. The number of aromatic nitrogens is 2. The zero-order valence-corrected chi connectivity index (χ0v) is 10.0. The molecule has 3 rings (SSSR count). The summed E-state index contributed by atoms with van der Waals surface area (Å²) in [4.78, 5) is 18.8. The highest BCUT2D eigenvalue weighted by atomic mass is 19.1. The van der Waals surface area contributed by atoms with Gasteiger partial charge in [0.05, 0.1) is 5.69 Å². The largest absolute Gasteiger partial charge is 0.307 e. The van der Waals surface area contributed by atoms with Gasteiger partial charge in [0, 0.05) is 17.5 Å². The molecule has 1 aliphatic rings. The van der Waals surface area contributed by atoms with E-state index in [0.717, 1.165) is 24.1 Å². The van der Waals surface area contributed by atoms with E-state index < -0.39 is 0 Å². The fraction of sp³-hybridized carbons (Fsp3) is 0.286. The van der Waals surface area contributed by atoms with E-state index in [1.807, 2.05) is 0 Å². The van der Waals surface area contributed by atoms with Gasteiger partial charge in [0.15, 0.2) is 0 Å². The van der Waals surface area contributed by atoms with E-state index in [1.54, 1.807) is 25.1 Å². The van der Waals surface area contributed by atoms with Crippen LogP contribution in [0.4, 0.5) is 4.39 Å². The standard InChI is InChI=1S/C14H13FN2O/c1-8-6-10(4-5-11(8)15)14-16-12(9-2-3-9)7-13(18)17-14/h4-7,9H,2-3H2,1H3,(H,16,17,18). The minimum absolute atomic E-state index is 0.149. The minimum atomic E-state index is -0.251. The second-order valence-corrected chi connectivity index (χ2v) is 4.76. The lowest BCUT2D eigenvalue weighted by atomic mass is 10.1. The van der Waals surface area contributed by atoms with E-state index in [9.17, 15) is 9.18 Å². The summed E-state index contributed by atoms with van der Waals surface area (Å²) in [5.41, 5.74) is 1.99. The second kappa shape index (κ2) is 4.05. The smallest absolute Gasteiger partial charge is 0.251 e. The van der Waals surface area contributed by atoms with Crippen LogP contribution in [0.15, 0.2) is 29.1 Å². The lowest BCUT2D eigenvalue weighted by molar-refractivity contribution is 0.618. The third-order valence-electron chi connectivity index (χ3n) is 3.19. The second-order valence-electron chi connectivity index (χ2n) is 4.76. The van der Waals surface area contributed by atoms with Crippen LogP contribution in [0.5, 0.6) is 0 Å². The lowest BCUT2D eigenvalue weighted by Crippen LogP contribution is -2.10. The van der Waals surface area contributed by atoms with Gasteiger partial charge in [-0.15, -0.1) is 0 Å². The molecule has 0 spiro atoms. The number of rotatable bonds is 2. The van der Waals surface area contributed by atoms with Gasteiger partial charge in [-0.2, -0.15) is 0 Å². The van der Waals surface area contributed by atoms with Gasteiger partial charge in [-0.25, -0.2) is 9.37 Å². The van der Waals surface area contributed by atoms with Crippen molar-refractivity contribution < 1.29 is 4.39 Å². The van der Waals surface area contributed by atoms with E-state index in [0.29, 0.717) is 17.3 Å². The van der Waals surface area contributed by atoms with Crippen molar-refractivity contribution in [3.8, 4) is 11.4 Å². The van der Waals surface area contributed by atoms with Crippen LogP contribution in [0, 0.1) is 12.7 Å². The van der Waals surface area contributed by atoms with E-state index in [4.69, 9.17) is 0 Å². The maximum absolute atomic E-state index is 13.2. The van der Waals surface area contributed by atoms with Gasteiger partial charge in [-0.3, -0.25) is 4.79 Å². The number of benzene rings is 1. The highest BCUT2D eigenvalue weighted by Crippen LogP contribution is 2.38. The van der Waals surface area contributed by atoms with Gasteiger partial charge in [0.2, 0.25) is 0 Å². The summed E-state index contributed by atoms with van der Waals surface area (Å²) in [6, 6.07) is 6.29. The molecule has 1 aliphatic carbocycles.